The van der Waals surface area contributed by atoms with Gasteiger partial charge in [-0.15, -0.1) is 0 Å². The predicted molar refractivity (Wildman–Crippen MR) is 69.6 cm³/mol. The molecule has 0 bridgehead atoms. The minimum absolute atomic E-state index is 0.107. The van der Waals surface area contributed by atoms with Crippen LogP contribution in [0.15, 0.2) is 36.4 Å². The summed E-state index contributed by atoms with van der Waals surface area (Å²) >= 11 is 0. The summed E-state index contributed by atoms with van der Waals surface area (Å²) in [6.45, 7) is 3.89. The summed E-state index contributed by atoms with van der Waals surface area (Å²) in [5, 5.41) is 14.2. The van der Waals surface area contributed by atoms with Crippen LogP contribution in [0, 0.1) is 13.8 Å². The van der Waals surface area contributed by atoms with E-state index in [1.165, 1.54) is 10.1 Å². The van der Waals surface area contributed by atoms with E-state index in [9.17, 15) is 5.11 Å². The molecule has 0 unspecified atom stereocenters. The van der Waals surface area contributed by atoms with Crippen molar-refractivity contribution in [1.82, 2.24) is 14.6 Å². The van der Waals surface area contributed by atoms with Crippen LogP contribution in [-0.2, 0) is 0 Å². The van der Waals surface area contributed by atoms with Crippen molar-refractivity contribution in [3.8, 4) is 17.1 Å². The summed E-state index contributed by atoms with van der Waals surface area (Å²) < 4.78 is 1.45. The Bertz CT molecular complexity index is 714. The van der Waals surface area contributed by atoms with E-state index in [4.69, 9.17) is 0 Å². The lowest BCUT2D eigenvalue weighted by molar-refractivity contribution is 0.435. The summed E-state index contributed by atoms with van der Waals surface area (Å²) in [7, 11) is 0. The molecule has 0 saturated carbocycles. The summed E-state index contributed by atoms with van der Waals surface area (Å²) in [6.07, 6.45) is 0. The van der Waals surface area contributed by atoms with E-state index in [0.29, 0.717) is 5.65 Å². The summed E-state index contributed by atoms with van der Waals surface area (Å²) in [4.78, 5) is 4.34. The minimum Gasteiger partial charge on any atom is -0.493 e. The Morgan fingerprint density at radius 1 is 1.06 bits per heavy atom. The second-order valence-electron chi connectivity index (χ2n) is 4.42. The van der Waals surface area contributed by atoms with Crippen molar-refractivity contribution in [1.29, 1.82) is 0 Å². The third-order valence-corrected chi connectivity index (χ3v) is 2.88. The first-order chi connectivity index (χ1) is 8.63. The number of aryl methyl sites for hydroxylation is 2. The third-order valence-electron chi connectivity index (χ3n) is 2.88. The molecule has 1 aromatic carbocycles. The number of hydrogen-bond donors (Lipinski definition) is 1. The van der Waals surface area contributed by atoms with Crippen molar-refractivity contribution < 1.29 is 5.11 Å². The van der Waals surface area contributed by atoms with Crippen LogP contribution in [0.5, 0.6) is 5.88 Å². The fraction of sp³-hybridized carbons (Fsp3) is 0.143. The van der Waals surface area contributed by atoms with Gasteiger partial charge >= 0.3 is 0 Å². The fourth-order valence-electron chi connectivity index (χ4n) is 1.95. The first-order valence-electron chi connectivity index (χ1n) is 5.77. The molecule has 2 heterocycles. The molecule has 0 aliphatic heterocycles. The smallest absolute Gasteiger partial charge is 0.215 e. The molecule has 0 atom stereocenters. The van der Waals surface area contributed by atoms with E-state index in [2.05, 4.69) is 10.1 Å². The monoisotopic (exact) mass is 239 g/mol. The zero-order chi connectivity index (χ0) is 12.7. The third kappa shape index (κ3) is 1.72. The van der Waals surface area contributed by atoms with E-state index < -0.39 is 0 Å². The average Bonchev–Trinajstić information content (AvgIpc) is 2.74. The van der Waals surface area contributed by atoms with Gasteiger partial charge in [0.15, 0.2) is 5.65 Å². The van der Waals surface area contributed by atoms with E-state index >= 15 is 0 Å². The molecule has 0 radical (unpaired) electrons. The maximum atomic E-state index is 9.82. The molecule has 1 N–H and O–H groups in total. The molecule has 2 aromatic heterocycles. The van der Waals surface area contributed by atoms with Gasteiger partial charge in [0.2, 0.25) is 5.88 Å². The van der Waals surface area contributed by atoms with Gasteiger partial charge in [-0.3, -0.25) is 0 Å². The molecular formula is C14H13N3O. The van der Waals surface area contributed by atoms with Crippen LogP contribution in [0.3, 0.4) is 0 Å². The zero-order valence-corrected chi connectivity index (χ0v) is 10.3. The van der Waals surface area contributed by atoms with Gasteiger partial charge in [0.1, 0.15) is 0 Å². The number of aromatic hydroxyl groups is 1. The van der Waals surface area contributed by atoms with Gasteiger partial charge in [-0.25, -0.2) is 4.98 Å². The molecule has 3 aromatic rings. The first kappa shape index (κ1) is 10.8. The van der Waals surface area contributed by atoms with Crippen LogP contribution in [0.1, 0.15) is 11.3 Å². The largest absolute Gasteiger partial charge is 0.493 e. The minimum atomic E-state index is 0.107. The van der Waals surface area contributed by atoms with Crippen molar-refractivity contribution in [2.45, 2.75) is 13.8 Å². The van der Waals surface area contributed by atoms with Crippen molar-refractivity contribution in [3.05, 3.63) is 47.7 Å². The van der Waals surface area contributed by atoms with Crippen molar-refractivity contribution in [2.24, 2.45) is 0 Å². The van der Waals surface area contributed by atoms with E-state index in [1.807, 2.05) is 44.2 Å². The second kappa shape index (κ2) is 3.84. The van der Waals surface area contributed by atoms with Gasteiger partial charge in [0, 0.05) is 23.4 Å². The number of hydrogen-bond acceptors (Lipinski definition) is 3. The summed E-state index contributed by atoms with van der Waals surface area (Å²) in [5.74, 6) is 0.107. The maximum Gasteiger partial charge on any atom is 0.215 e. The average molecular weight is 239 g/mol. The van der Waals surface area contributed by atoms with Gasteiger partial charge in [0.25, 0.3) is 0 Å². The van der Waals surface area contributed by atoms with Gasteiger partial charge in [-0.05, 0) is 13.8 Å². The number of aromatic nitrogens is 3. The Labute approximate surface area is 105 Å². The molecule has 0 spiro atoms. The van der Waals surface area contributed by atoms with Gasteiger partial charge < -0.3 is 5.11 Å². The SMILES string of the molecule is Cc1ccc(-c2cc3nc(C)cc(O)n3n2)cc1. The standard InChI is InChI=1S/C14H13N3O/c1-9-3-5-11(6-4-9)12-8-13-15-10(2)7-14(18)17(13)16-12/h3-8,18H,1-2H3. The number of rotatable bonds is 1. The van der Waals surface area contributed by atoms with E-state index in [0.717, 1.165) is 17.0 Å². The molecule has 0 fully saturated rings. The lowest BCUT2D eigenvalue weighted by Crippen LogP contribution is -1.92. The fourth-order valence-corrected chi connectivity index (χ4v) is 1.95. The molecule has 4 nitrogen and oxygen atoms in total. The molecule has 18 heavy (non-hydrogen) atoms. The molecule has 4 heteroatoms. The van der Waals surface area contributed by atoms with Crippen LogP contribution >= 0.6 is 0 Å². The zero-order valence-electron chi connectivity index (χ0n) is 10.3. The van der Waals surface area contributed by atoms with Crippen LogP contribution in [-0.4, -0.2) is 19.7 Å². The molecule has 90 valence electrons. The highest BCUT2D eigenvalue weighted by atomic mass is 16.3. The Balaban J connectivity index is 2.19. The Morgan fingerprint density at radius 3 is 2.50 bits per heavy atom. The quantitative estimate of drug-likeness (QED) is 0.710. The van der Waals surface area contributed by atoms with Crippen molar-refractivity contribution in [2.75, 3.05) is 0 Å². The van der Waals surface area contributed by atoms with Gasteiger partial charge in [-0.1, -0.05) is 29.8 Å². The molecule has 0 aliphatic rings. The number of nitrogens with zero attached hydrogens (tertiary/aromatic N) is 3. The predicted octanol–water partition coefficient (Wildman–Crippen LogP) is 2.72. The highest BCUT2D eigenvalue weighted by Gasteiger charge is 2.08. The van der Waals surface area contributed by atoms with Crippen LogP contribution < -0.4 is 0 Å². The lowest BCUT2D eigenvalue weighted by atomic mass is 10.1. The summed E-state index contributed by atoms with van der Waals surface area (Å²) in [6, 6.07) is 11.6. The molecule has 0 saturated heterocycles. The Morgan fingerprint density at radius 2 is 1.78 bits per heavy atom. The summed E-state index contributed by atoms with van der Waals surface area (Å²) in [5.41, 5.74) is 4.46. The number of benzene rings is 1. The molecule has 3 rings (SSSR count). The van der Waals surface area contributed by atoms with E-state index in [1.54, 1.807) is 6.07 Å². The molecule has 0 amide bonds. The molecular weight excluding hydrogens is 226 g/mol. The topological polar surface area (TPSA) is 50.4 Å². The number of fused-ring (bicyclic) bond motifs is 1. The molecule has 0 aliphatic carbocycles. The Hall–Kier alpha value is -2.36. The normalized spacial score (nSPS) is 11.0. The van der Waals surface area contributed by atoms with Crippen LogP contribution in [0.2, 0.25) is 0 Å². The second-order valence-corrected chi connectivity index (χ2v) is 4.42. The van der Waals surface area contributed by atoms with Crippen LogP contribution in [0.4, 0.5) is 0 Å². The highest BCUT2D eigenvalue weighted by molar-refractivity contribution is 5.64. The van der Waals surface area contributed by atoms with Crippen LogP contribution in [0.25, 0.3) is 16.9 Å². The highest BCUT2D eigenvalue weighted by Crippen LogP contribution is 2.22. The van der Waals surface area contributed by atoms with Gasteiger partial charge in [-0.2, -0.15) is 9.61 Å². The van der Waals surface area contributed by atoms with Crippen molar-refractivity contribution >= 4 is 5.65 Å². The maximum absolute atomic E-state index is 9.82. The first-order valence-corrected chi connectivity index (χ1v) is 5.77. The lowest BCUT2D eigenvalue weighted by Gasteiger charge is -1.98. The van der Waals surface area contributed by atoms with E-state index in [-0.39, 0.29) is 5.88 Å². The Kier molecular flexibility index (Phi) is 2.30. The van der Waals surface area contributed by atoms with Gasteiger partial charge in [0.05, 0.1) is 5.69 Å². The van der Waals surface area contributed by atoms with Crippen molar-refractivity contribution in [3.63, 3.8) is 0 Å².